The van der Waals surface area contributed by atoms with E-state index in [4.69, 9.17) is 9.56 Å². The van der Waals surface area contributed by atoms with Crippen molar-refractivity contribution in [2.75, 3.05) is 11.4 Å². The van der Waals surface area contributed by atoms with Gasteiger partial charge >= 0.3 is 0 Å². The van der Waals surface area contributed by atoms with E-state index in [0.29, 0.717) is 18.3 Å². The summed E-state index contributed by atoms with van der Waals surface area (Å²) in [6.07, 6.45) is 1.91. The molecule has 2 aromatic rings. The number of anilines is 1. The Bertz CT molecular complexity index is 814. The smallest absolute Gasteiger partial charge is 0.238 e. The van der Waals surface area contributed by atoms with E-state index in [1.807, 2.05) is 19.9 Å². The van der Waals surface area contributed by atoms with Crippen molar-refractivity contribution in [1.29, 1.82) is 0 Å². The van der Waals surface area contributed by atoms with Crippen molar-refractivity contribution >= 4 is 15.7 Å². The Morgan fingerprint density at radius 1 is 1.35 bits per heavy atom. The highest BCUT2D eigenvalue weighted by Crippen LogP contribution is 2.30. The van der Waals surface area contributed by atoms with Crippen LogP contribution in [0.2, 0.25) is 0 Å². The Labute approximate surface area is 135 Å². The van der Waals surface area contributed by atoms with E-state index < -0.39 is 10.0 Å². The highest BCUT2D eigenvalue weighted by molar-refractivity contribution is 7.89. The first-order valence-corrected chi connectivity index (χ1v) is 9.12. The summed E-state index contributed by atoms with van der Waals surface area (Å²) < 4.78 is 28.8. The maximum Gasteiger partial charge on any atom is 0.238 e. The van der Waals surface area contributed by atoms with Crippen LogP contribution in [0.3, 0.4) is 0 Å². The van der Waals surface area contributed by atoms with Crippen LogP contribution in [0.4, 0.5) is 5.69 Å². The zero-order chi connectivity index (χ0) is 16.6. The first-order chi connectivity index (χ1) is 10.8. The zero-order valence-corrected chi connectivity index (χ0v) is 14.0. The van der Waals surface area contributed by atoms with Gasteiger partial charge in [-0.2, -0.15) is 0 Å². The third-order valence-corrected chi connectivity index (χ3v) is 4.81. The summed E-state index contributed by atoms with van der Waals surface area (Å²) in [5.74, 6) is 1.32. The fourth-order valence-electron chi connectivity index (χ4n) is 2.70. The number of sulfonamides is 1. The van der Waals surface area contributed by atoms with E-state index in [2.05, 4.69) is 15.1 Å². The lowest BCUT2D eigenvalue weighted by Gasteiger charge is -2.30. The molecule has 0 spiro atoms. The van der Waals surface area contributed by atoms with Gasteiger partial charge in [-0.1, -0.05) is 19.9 Å². The summed E-state index contributed by atoms with van der Waals surface area (Å²) in [6.45, 7) is 5.25. The fourth-order valence-corrected chi connectivity index (χ4v) is 3.23. The second kappa shape index (κ2) is 5.93. The van der Waals surface area contributed by atoms with Gasteiger partial charge < -0.3 is 9.32 Å². The van der Waals surface area contributed by atoms with E-state index >= 15 is 0 Å². The van der Waals surface area contributed by atoms with Crippen molar-refractivity contribution in [1.82, 2.24) is 10.2 Å². The Hall–Kier alpha value is -1.93. The Kier molecular flexibility index (Phi) is 4.11. The van der Waals surface area contributed by atoms with Crippen LogP contribution < -0.4 is 10.0 Å². The Morgan fingerprint density at radius 3 is 2.78 bits per heavy atom. The lowest BCUT2D eigenvalue weighted by molar-refractivity contribution is 0.426. The van der Waals surface area contributed by atoms with E-state index in [1.165, 1.54) is 0 Å². The van der Waals surface area contributed by atoms with Crippen LogP contribution in [-0.4, -0.2) is 25.2 Å². The number of nitrogens with two attached hydrogens (primary N) is 1. The number of nitrogens with zero attached hydrogens (tertiary/aromatic N) is 3. The van der Waals surface area contributed by atoms with Crippen LogP contribution in [0.1, 0.15) is 43.5 Å². The molecule has 0 radical (unpaired) electrons. The van der Waals surface area contributed by atoms with Gasteiger partial charge in [0.25, 0.3) is 0 Å². The molecule has 124 valence electrons. The minimum atomic E-state index is -3.72. The van der Waals surface area contributed by atoms with Gasteiger partial charge in [0.05, 0.1) is 11.4 Å². The maximum absolute atomic E-state index is 11.6. The number of fused-ring (bicyclic) bond motifs is 1. The Balaban J connectivity index is 1.90. The number of aromatic nitrogens is 2. The Morgan fingerprint density at radius 2 is 2.13 bits per heavy atom. The fraction of sp³-hybridized carbons (Fsp3) is 0.467. The van der Waals surface area contributed by atoms with Gasteiger partial charge in [0.15, 0.2) is 0 Å². The number of rotatable bonds is 4. The van der Waals surface area contributed by atoms with Gasteiger partial charge in [-0.3, -0.25) is 0 Å². The van der Waals surface area contributed by atoms with Crippen molar-refractivity contribution in [3.05, 3.63) is 35.5 Å². The molecule has 0 fully saturated rings. The van der Waals surface area contributed by atoms with Crippen LogP contribution in [0.25, 0.3) is 0 Å². The molecule has 0 amide bonds. The molecule has 0 saturated carbocycles. The van der Waals surface area contributed by atoms with Gasteiger partial charge in [-0.25, -0.2) is 13.6 Å². The van der Waals surface area contributed by atoms with Crippen LogP contribution >= 0.6 is 0 Å². The molecule has 8 heteroatoms. The van der Waals surface area contributed by atoms with Gasteiger partial charge in [0.1, 0.15) is 0 Å². The lowest BCUT2D eigenvalue weighted by atomic mass is 10.0. The first kappa shape index (κ1) is 15.9. The topological polar surface area (TPSA) is 102 Å². The number of benzene rings is 1. The molecule has 0 bridgehead atoms. The van der Waals surface area contributed by atoms with Crippen LogP contribution in [-0.2, 0) is 23.0 Å². The zero-order valence-electron chi connectivity index (χ0n) is 13.2. The molecule has 1 aliphatic rings. The average Bonchev–Trinajstić information content (AvgIpc) is 2.95. The molecule has 2 heterocycles. The minimum absolute atomic E-state index is 0.122. The third-order valence-electron chi connectivity index (χ3n) is 3.90. The van der Waals surface area contributed by atoms with E-state index in [1.54, 1.807) is 12.1 Å². The van der Waals surface area contributed by atoms with Crippen molar-refractivity contribution < 1.29 is 12.8 Å². The quantitative estimate of drug-likeness (QED) is 0.913. The van der Waals surface area contributed by atoms with Crippen LogP contribution in [0.5, 0.6) is 0 Å². The molecule has 2 N–H and O–H groups in total. The molecule has 1 aromatic heterocycles. The molecule has 7 nitrogen and oxygen atoms in total. The molecule has 0 aliphatic carbocycles. The maximum atomic E-state index is 11.6. The number of primary sulfonamides is 1. The second-order valence-corrected chi connectivity index (χ2v) is 7.61. The van der Waals surface area contributed by atoms with Gasteiger partial charge in [0.2, 0.25) is 21.8 Å². The SMILES string of the molecule is CC(C)c1nnc(CN2CCCc3ccc(S(N)(=O)=O)cc32)o1. The van der Waals surface area contributed by atoms with Crippen molar-refractivity contribution in [2.24, 2.45) is 5.14 Å². The summed E-state index contributed by atoms with van der Waals surface area (Å²) in [5.41, 5.74) is 1.97. The van der Waals surface area contributed by atoms with E-state index in [9.17, 15) is 8.42 Å². The highest BCUT2D eigenvalue weighted by atomic mass is 32.2. The third kappa shape index (κ3) is 3.37. The van der Waals surface area contributed by atoms with Gasteiger partial charge in [0, 0.05) is 18.2 Å². The summed E-state index contributed by atoms with van der Waals surface area (Å²) in [7, 11) is -3.72. The predicted octanol–water partition coefficient (Wildman–Crippen LogP) is 1.79. The molecule has 0 saturated heterocycles. The van der Waals surface area contributed by atoms with Gasteiger partial charge in [-0.05, 0) is 30.5 Å². The molecule has 0 atom stereocenters. The summed E-state index contributed by atoms with van der Waals surface area (Å²) >= 11 is 0. The summed E-state index contributed by atoms with van der Waals surface area (Å²) in [4.78, 5) is 2.18. The minimum Gasteiger partial charge on any atom is -0.423 e. The molecule has 3 rings (SSSR count). The van der Waals surface area contributed by atoms with Crippen LogP contribution in [0, 0.1) is 0 Å². The van der Waals surface area contributed by atoms with Crippen molar-refractivity contribution in [3.63, 3.8) is 0 Å². The second-order valence-electron chi connectivity index (χ2n) is 6.05. The molecule has 1 aromatic carbocycles. The largest absolute Gasteiger partial charge is 0.423 e. The molecule has 23 heavy (non-hydrogen) atoms. The molecular formula is C15H20N4O3S. The number of aryl methyl sites for hydroxylation is 1. The van der Waals surface area contributed by atoms with Gasteiger partial charge in [-0.15, -0.1) is 10.2 Å². The van der Waals surface area contributed by atoms with E-state index in [0.717, 1.165) is 30.6 Å². The first-order valence-electron chi connectivity index (χ1n) is 7.57. The molecule has 0 unspecified atom stereocenters. The molecular weight excluding hydrogens is 316 g/mol. The summed E-state index contributed by atoms with van der Waals surface area (Å²) in [5, 5.41) is 13.3. The standard InChI is InChI=1S/C15H20N4O3S/c1-10(2)15-18-17-14(22-15)9-19-7-3-4-11-5-6-12(8-13(11)19)23(16,20)21/h5-6,8,10H,3-4,7,9H2,1-2H3,(H2,16,20,21). The highest BCUT2D eigenvalue weighted by Gasteiger charge is 2.22. The summed E-state index contributed by atoms with van der Waals surface area (Å²) in [6, 6.07) is 5.01. The normalized spacial score (nSPS) is 15.0. The van der Waals surface area contributed by atoms with E-state index in [-0.39, 0.29) is 10.8 Å². The predicted molar refractivity (Wildman–Crippen MR) is 85.6 cm³/mol. The average molecular weight is 336 g/mol. The molecule has 1 aliphatic heterocycles. The van der Waals surface area contributed by atoms with Crippen molar-refractivity contribution in [3.8, 4) is 0 Å². The lowest BCUT2D eigenvalue weighted by Crippen LogP contribution is -2.29. The monoisotopic (exact) mass is 336 g/mol. The number of hydrogen-bond donors (Lipinski definition) is 1. The van der Waals surface area contributed by atoms with Crippen molar-refractivity contribution in [2.45, 2.75) is 44.0 Å². The van der Waals surface area contributed by atoms with Crippen LogP contribution in [0.15, 0.2) is 27.5 Å². The number of hydrogen-bond acceptors (Lipinski definition) is 6.